The zero-order chi connectivity index (χ0) is 23.8. The lowest BCUT2D eigenvalue weighted by Crippen LogP contribution is -2.54. The monoisotopic (exact) mass is 467 g/mol. The summed E-state index contributed by atoms with van der Waals surface area (Å²) in [5, 5.41) is 0. The molecule has 0 saturated carbocycles. The Bertz CT molecular complexity index is 1020. The molecule has 0 aliphatic carbocycles. The highest BCUT2D eigenvalue weighted by Crippen LogP contribution is 2.42. The molecule has 1 amide bonds. The number of amides is 1. The lowest BCUT2D eigenvalue weighted by Gasteiger charge is -2.44. The Hall–Kier alpha value is -2.44. The zero-order valence-corrected chi connectivity index (χ0v) is 20.1. The maximum atomic E-state index is 14.0. The third kappa shape index (κ3) is 4.46. The summed E-state index contributed by atoms with van der Waals surface area (Å²) in [6.45, 7) is 7.18. The fourth-order valence-corrected chi connectivity index (χ4v) is 5.96. The van der Waals surface area contributed by atoms with E-state index in [4.69, 9.17) is 14.2 Å². The molecule has 3 saturated heterocycles. The third-order valence-corrected chi connectivity index (χ3v) is 7.80. The molecule has 0 N–H and O–H groups in total. The number of halogens is 1. The van der Waals surface area contributed by atoms with Gasteiger partial charge in [-0.25, -0.2) is 4.39 Å². The van der Waals surface area contributed by atoms with Crippen molar-refractivity contribution in [3.8, 4) is 5.75 Å². The van der Waals surface area contributed by atoms with Gasteiger partial charge in [0.1, 0.15) is 6.10 Å². The van der Waals surface area contributed by atoms with Gasteiger partial charge in [0.25, 0.3) is 0 Å². The van der Waals surface area contributed by atoms with E-state index in [1.165, 1.54) is 17.2 Å². The molecule has 182 valence electrons. The largest absolute Gasteiger partial charge is 0.485 e. The van der Waals surface area contributed by atoms with Gasteiger partial charge < -0.3 is 19.1 Å². The summed E-state index contributed by atoms with van der Waals surface area (Å²) in [5.41, 5.74) is 2.68. The number of rotatable bonds is 4. The SMILES string of the molecule is Cc1cc(C)cc(C2(C(=O)N3CCC4(CC3)C[C@@H](Oc3ccccc3F)CO4)CCOCC2)c1. The lowest BCUT2D eigenvalue weighted by atomic mass is 9.71. The first kappa shape index (κ1) is 23.3. The van der Waals surface area contributed by atoms with E-state index in [-0.39, 0.29) is 29.2 Å². The Balaban J connectivity index is 1.27. The van der Waals surface area contributed by atoms with E-state index >= 15 is 0 Å². The highest BCUT2D eigenvalue weighted by Gasteiger charge is 2.49. The maximum absolute atomic E-state index is 14.0. The normalized spacial score (nSPS) is 23.7. The number of carbonyl (C=O) groups excluding carboxylic acids is 1. The molecule has 2 aromatic carbocycles. The standard InChI is InChI=1S/C28H34FNO4/c1-20-15-21(2)17-22(16-20)28(9-13-32-14-10-28)26(31)30-11-7-27(8-12-30)18-23(19-33-27)34-25-6-4-3-5-24(25)29/h3-6,15-17,23H,7-14,18-19H2,1-2H3/t23-/m1/s1. The summed E-state index contributed by atoms with van der Waals surface area (Å²) in [4.78, 5) is 16.0. The molecule has 0 bridgehead atoms. The Labute approximate surface area is 201 Å². The van der Waals surface area contributed by atoms with Crippen molar-refractivity contribution in [2.75, 3.05) is 32.9 Å². The van der Waals surface area contributed by atoms with Gasteiger partial charge in [0.05, 0.1) is 17.6 Å². The second-order valence-electron chi connectivity index (χ2n) is 10.2. The van der Waals surface area contributed by atoms with Crippen LogP contribution in [0, 0.1) is 19.7 Å². The zero-order valence-electron chi connectivity index (χ0n) is 20.1. The van der Waals surface area contributed by atoms with Crippen molar-refractivity contribution in [2.45, 2.75) is 63.1 Å². The van der Waals surface area contributed by atoms with Crippen molar-refractivity contribution in [1.82, 2.24) is 4.90 Å². The second-order valence-corrected chi connectivity index (χ2v) is 10.2. The van der Waals surface area contributed by atoms with Crippen LogP contribution in [-0.2, 0) is 19.7 Å². The first-order valence-electron chi connectivity index (χ1n) is 12.4. The van der Waals surface area contributed by atoms with Crippen LogP contribution >= 0.6 is 0 Å². The second kappa shape index (κ2) is 9.31. The highest BCUT2D eigenvalue weighted by molar-refractivity contribution is 5.88. The topological polar surface area (TPSA) is 48.0 Å². The van der Waals surface area contributed by atoms with E-state index in [1.807, 2.05) is 4.90 Å². The summed E-state index contributed by atoms with van der Waals surface area (Å²) < 4.78 is 31.8. The van der Waals surface area contributed by atoms with Gasteiger partial charge in [0.15, 0.2) is 11.6 Å². The molecule has 3 aliphatic rings. The fourth-order valence-electron chi connectivity index (χ4n) is 5.96. The molecule has 3 fully saturated rings. The molecule has 2 aromatic rings. The Kier molecular flexibility index (Phi) is 6.38. The number of likely N-dealkylation sites (tertiary alicyclic amines) is 1. The number of carbonyl (C=O) groups is 1. The Morgan fingerprint density at radius 2 is 1.71 bits per heavy atom. The Morgan fingerprint density at radius 1 is 1.03 bits per heavy atom. The van der Waals surface area contributed by atoms with E-state index in [0.717, 1.165) is 24.8 Å². The quantitative estimate of drug-likeness (QED) is 0.653. The minimum absolute atomic E-state index is 0.170. The average molecular weight is 468 g/mol. The number of ether oxygens (including phenoxy) is 3. The van der Waals surface area contributed by atoms with Crippen molar-refractivity contribution in [1.29, 1.82) is 0 Å². The molecular weight excluding hydrogens is 433 g/mol. The molecule has 3 aliphatic heterocycles. The Morgan fingerprint density at radius 3 is 2.38 bits per heavy atom. The molecular formula is C28H34FNO4. The first-order valence-corrected chi connectivity index (χ1v) is 12.4. The van der Waals surface area contributed by atoms with Crippen molar-refractivity contribution in [2.24, 2.45) is 0 Å². The van der Waals surface area contributed by atoms with Crippen molar-refractivity contribution in [3.63, 3.8) is 0 Å². The summed E-state index contributed by atoms with van der Waals surface area (Å²) in [6.07, 6.45) is 3.53. The molecule has 0 radical (unpaired) electrons. The van der Waals surface area contributed by atoms with Crippen LogP contribution in [0.2, 0.25) is 0 Å². The predicted octanol–water partition coefficient (Wildman–Crippen LogP) is 4.72. The van der Waals surface area contributed by atoms with E-state index in [2.05, 4.69) is 32.0 Å². The van der Waals surface area contributed by atoms with E-state index in [9.17, 15) is 9.18 Å². The average Bonchev–Trinajstić information content (AvgIpc) is 3.22. The molecule has 5 nitrogen and oxygen atoms in total. The molecule has 0 aromatic heterocycles. The van der Waals surface area contributed by atoms with Crippen LogP contribution in [0.25, 0.3) is 0 Å². The number of hydrogen-bond acceptors (Lipinski definition) is 4. The van der Waals surface area contributed by atoms with Gasteiger partial charge >= 0.3 is 0 Å². The summed E-state index contributed by atoms with van der Waals surface area (Å²) >= 11 is 0. The minimum atomic E-state index is -0.521. The van der Waals surface area contributed by atoms with Crippen molar-refractivity contribution < 1.29 is 23.4 Å². The van der Waals surface area contributed by atoms with E-state index in [1.54, 1.807) is 18.2 Å². The fraction of sp³-hybridized carbons (Fsp3) is 0.536. The summed E-state index contributed by atoms with van der Waals surface area (Å²) in [5.74, 6) is 0.139. The molecule has 6 heteroatoms. The van der Waals surface area contributed by atoms with Crippen molar-refractivity contribution in [3.05, 3.63) is 65.0 Å². The van der Waals surface area contributed by atoms with Gasteiger partial charge in [0.2, 0.25) is 5.91 Å². The molecule has 1 spiro atoms. The molecule has 5 rings (SSSR count). The van der Waals surface area contributed by atoms with Crippen LogP contribution in [-0.4, -0.2) is 55.4 Å². The van der Waals surface area contributed by atoms with Crippen LogP contribution in [0.3, 0.4) is 0 Å². The van der Waals surface area contributed by atoms with Gasteiger partial charge in [0, 0.05) is 32.7 Å². The van der Waals surface area contributed by atoms with Crippen LogP contribution in [0.4, 0.5) is 4.39 Å². The van der Waals surface area contributed by atoms with Crippen molar-refractivity contribution >= 4 is 5.91 Å². The molecule has 0 unspecified atom stereocenters. The lowest BCUT2D eigenvalue weighted by molar-refractivity contribution is -0.146. The molecule has 3 heterocycles. The number of nitrogens with zero attached hydrogens (tertiary/aromatic N) is 1. The minimum Gasteiger partial charge on any atom is -0.485 e. The van der Waals surface area contributed by atoms with Crippen LogP contribution in [0.15, 0.2) is 42.5 Å². The number of hydrogen-bond donors (Lipinski definition) is 0. The first-order chi connectivity index (χ1) is 16.4. The van der Waals surface area contributed by atoms with Gasteiger partial charge in [-0.1, -0.05) is 41.5 Å². The van der Waals surface area contributed by atoms with Crippen LogP contribution in [0.1, 0.15) is 48.8 Å². The summed E-state index contributed by atoms with van der Waals surface area (Å²) in [7, 11) is 0. The van der Waals surface area contributed by atoms with Crippen LogP contribution in [0.5, 0.6) is 5.75 Å². The highest BCUT2D eigenvalue weighted by atomic mass is 19.1. The van der Waals surface area contributed by atoms with Gasteiger partial charge in [-0.15, -0.1) is 0 Å². The van der Waals surface area contributed by atoms with E-state index in [0.29, 0.717) is 45.8 Å². The predicted molar refractivity (Wildman–Crippen MR) is 128 cm³/mol. The molecule has 1 atom stereocenters. The number of benzene rings is 2. The third-order valence-electron chi connectivity index (χ3n) is 7.80. The number of para-hydroxylation sites is 1. The van der Waals surface area contributed by atoms with Crippen LogP contribution < -0.4 is 4.74 Å². The van der Waals surface area contributed by atoms with Gasteiger partial charge in [-0.2, -0.15) is 0 Å². The van der Waals surface area contributed by atoms with E-state index < -0.39 is 5.41 Å². The summed E-state index contributed by atoms with van der Waals surface area (Å²) in [6, 6.07) is 13.0. The van der Waals surface area contributed by atoms with Gasteiger partial charge in [-0.05, 0) is 57.2 Å². The maximum Gasteiger partial charge on any atom is 0.233 e. The number of piperidine rings is 1. The molecule has 34 heavy (non-hydrogen) atoms. The number of aryl methyl sites for hydroxylation is 2. The van der Waals surface area contributed by atoms with Gasteiger partial charge in [-0.3, -0.25) is 4.79 Å². The smallest absolute Gasteiger partial charge is 0.233 e.